The maximum atomic E-state index is 12.9. The second kappa shape index (κ2) is 10.5. The zero-order valence-electron chi connectivity index (χ0n) is 19.0. The number of nitrogens with zero attached hydrogens (tertiary/aromatic N) is 3. The van der Waals surface area contributed by atoms with Gasteiger partial charge >= 0.3 is 6.09 Å². The third-order valence-corrected chi connectivity index (χ3v) is 7.91. The van der Waals surface area contributed by atoms with E-state index in [1.165, 1.54) is 21.8 Å². The predicted molar refractivity (Wildman–Crippen MR) is 132 cm³/mol. The Morgan fingerprint density at radius 3 is 2.52 bits per heavy atom. The van der Waals surface area contributed by atoms with Crippen molar-refractivity contribution in [2.24, 2.45) is 0 Å². The van der Waals surface area contributed by atoms with Crippen molar-refractivity contribution >= 4 is 39.7 Å². The molecule has 0 spiro atoms. The molecule has 0 aromatic carbocycles. The van der Waals surface area contributed by atoms with Gasteiger partial charge in [0.25, 0.3) is 5.91 Å². The largest absolute Gasteiger partial charge is 0.450 e. The molecule has 33 heavy (non-hydrogen) atoms. The summed E-state index contributed by atoms with van der Waals surface area (Å²) in [6.45, 7) is 9.01. The Balaban J connectivity index is 1.66. The fourth-order valence-electron chi connectivity index (χ4n) is 4.12. The minimum atomic E-state index is -0.260. The van der Waals surface area contributed by atoms with Crippen molar-refractivity contribution in [3.8, 4) is 0 Å². The van der Waals surface area contributed by atoms with Gasteiger partial charge in [-0.25, -0.2) is 4.79 Å². The van der Waals surface area contributed by atoms with Gasteiger partial charge in [-0.1, -0.05) is 6.07 Å². The maximum absolute atomic E-state index is 12.9. The zero-order chi connectivity index (χ0) is 23.4. The van der Waals surface area contributed by atoms with E-state index < -0.39 is 0 Å². The van der Waals surface area contributed by atoms with Gasteiger partial charge in [0, 0.05) is 49.0 Å². The van der Waals surface area contributed by atoms with Crippen LogP contribution in [0.3, 0.4) is 0 Å². The Morgan fingerprint density at radius 1 is 1.15 bits per heavy atom. The summed E-state index contributed by atoms with van der Waals surface area (Å²) in [5, 5.41) is 5.95. The fraction of sp³-hybridized carbons (Fsp3) is 0.375. The van der Waals surface area contributed by atoms with E-state index in [1.54, 1.807) is 28.6 Å². The van der Waals surface area contributed by atoms with Gasteiger partial charge in [0.15, 0.2) is 0 Å². The second-order valence-electron chi connectivity index (χ2n) is 7.86. The molecule has 1 saturated heterocycles. The quantitative estimate of drug-likeness (QED) is 0.537. The maximum Gasteiger partial charge on any atom is 0.409 e. The van der Waals surface area contributed by atoms with Crippen molar-refractivity contribution in [3.63, 3.8) is 0 Å². The van der Waals surface area contributed by atoms with Crippen LogP contribution in [0.25, 0.3) is 0 Å². The number of aromatic nitrogens is 1. The van der Waals surface area contributed by atoms with Crippen molar-refractivity contribution < 1.29 is 14.3 Å². The molecule has 0 unspecified atom stereocenters. The van der Waals surface area contributed by atoms with Gasteiger partial charge in [-0.15, -0.1) is 22.7 Å². The molecule has 0 aliphatic carbocycles. The van der Waals surface area contributed by atoms with Gasteiger partial charge in [-0.05, 0) is 55.5 Å². The van der Waals surface area contributed by atoms with E-state index in [2.05, 4.69) is 29.0 Å². The van der Waals surface area contributed by atoms with Crippen molar-refractivity contribution in [2.75, 3.05) is 38.1 Å². The SMILES string of the molecule is CCOC(=O)N1CCN([C@H](c2ccncc2)c2c(NC(=O)c3cccs3)sc(C)c2C)CC1. The Kier molecular flexibility index (Phi) is 7.42. The molecule has 4 rings (SSSR count). The van der Waals surface area contributed by atoms with Crippen LogP contribution < -0.4 is 5.32 Å². The Labute approximate surface area is 202 Å². The minimum Gasteiger partial charge on any atom is -0.450 e. The number of ether oxygens (including phenoxy) is 1. The first-order chi connectivity index (χ1) is 16.0. The summed E-state index contributed by atoms with van der Waals surface area (Å²) in [5.41, 5.74) is 3.40. The van der Waals surface area contributed by atoms with Crippen molar-refractivity contribution in [1.82, 2.24) is 14.8 Å². The van der Waals surface area contributed by atoms with E-state index in [9.17, 15) is 9.59 Å². The predicted octanol–water partition coefficient (Wildman–Crippen LogP) is 4.94. The van der Waals surface area contributed by atoms with E-state index in [-0.39, 0.29) is 18.0 Å². The minimum absolute atomic E-state index is 0.0547. The number of aryl methyl sites for hydroxylation is 1. The van der Waals surface area contributed by atoms with Crippen LogP contribution in [0.1, 0.15) is 44.2 Å². The Hall–Kier alpha value is -2.75. The molecule has 2 amide bonds. The summed E-state index contributed by atoms with van der Waals surface area (Å²) in [6, 6.07) is 7.72. The molecule has 3 aromatic rings. The average Bonchev–Trinajstić information content (AvgIpc) is 3.46. The summed E-state index contributed by atoms with van der Waals surface area (Å²) in [7, 11) is 0. The summed E-state index contributed by atoms with van der Waals surface area (Å²) in [6.07, 6.45) is 3.34. The van der Waals surface area contributed by atoms with Crippen LogP contribution in [0, 0.1) is 13.8 Å². The molecule has 0 saturated carbocycles. The molecule has 1 atom stereocenters. The van der Waals surface area contributed by atoms with E-state index in [4.69, 9.17) is 4.74 Å². The number of carbonyl (C=O) groups excluding carboxylic acids is 2. The first-order valence-corrected chi connectivity index (χ1v) is 12.7. The summed E-state index contributed by atoms with van der Waals surface area (Å²) in [4.78, 5) is 35.3. The number of pyridine rings is 1. The Morgan fingerprint density at radius 2 is 1.88 bits per heavy atom. The van der Waals surface area contributed by atoms with Gasteiger partial charge in [0.1, 0.15) is 5.00 Å². The van der Waals surface area contributed by atoms with Crippen LogP contribution in [-0.4, -0.2) is 59.6 Å². The van der Waals surface area contributed by atoms with Gasteiger partial charge < -0.3 is 15.0 Å². The number of carbonyl (C=O) groups is 2. The highest BCUT2D eigenvalue weighted by atomic mass is 32.1. The zero-order valence-corrected chi connectivity index (χ0v) is 20.7. The Bertz CT molecular complexity index is 1090. The first kappa shape index (κ1) is 23.4. The number of amides is 2. The number of hydrogen-bond acceptors (Lipinski definition) is 7. The standard InChI is InChI=1S/C24H28N4O3S2/c1-4-31-24(30)28-13-11-27(12-14-28)21(18-7-9-25-10-8-18)20-16(2)17(3)33-23(20)26-22(29)19-6-5-15-32-19/h5-10,15,21H,4,11-14H2,1-3H3,(H,26,29)/t21-/m1/s1. The second-order valence-corrected chi connectivity index (χ2v) is 10.0. The summed E-state index contributed by atoms with van der Waals surface area (Å²) in [5.74, 6) is -0.0897. The summed E-state index contributed by atoms with van der Waals surface area (Å²) < 4.78 is 5.18. The van der Waals surface area contributed by atoms with Crippen LogP contribution >= 0.6 is 22.7 Å². The summed E-state index contributed by atoms with van der Waals surface area (Å²) >= 11 is 3.04. The van der Waals surface area contributed by atoms with Crippen LogP contribution in [-0.2, 0) is 4.74 Å². The van der Waals surface area contributed by atoms with Gasteiger partial charge in [0.05, 0.1) is 17.5 Å². The molecule has 9 heteroatoms. The average molecular weight is 485 g/mol. The molecule has 0 radical (unpaired) electrons. The van der Waals surface area contributed by atoms with Gasteiger partial charge in [-0.2, -0.15) is 0 Å². The molecule has 1 fully saturated rings. The smallest absolute Gasteiger partial charge is 0.409 e. The van der Waals surface area contributed by atoms with E-state index in [1.807, 2.05) is 36.6 Å². The van der Waals surface area contributed by atoms with Crippen molar-refractivity contribution in [1.29, 1.82) is 0 Å². The lowest BCUT2D eigenvalue weighted by Gasteiger charge is -2.39. The number of piperazine rings is 1. The number of thiophene rings is 2. The highest BCUT2D eigenvalue weighted by Crippen LogP contribution is 2.42. The fourth-order valence-corrected chi connectivity index (χ4v) is 5.83. The number of anilines is 1. The van der Waals surface area contributed by atoms with Gasteiger partial charge in [-0.3, -0.25) is 14.7 Å². The van der Waals surface area contributed by atoms with Crippen LogP contribution in [0.15, 0.2) is 42.0 Å². The lowest BCUT2D eigenvalue weighted by molar-refractivity contribution is 0.0715. The molecule has 1 aliphatic rings. The number of rotatable bonds is 6. The molecule has 174 valence electrons. The molecule has 4 heterocycles. The molecular formula is C24H28N4O3S2. The normalized spacial score (nSPS) is 15.3. The molecule has 7 nitrogen and oxygen atoms in total. The first-order valence-electron chi connectivity index (χ1n) is 11.0. The lowest BCUT2D eigenvalue weighted by Crippen LogP contribution is -2.50. The van der Waals surface area contributed by atoms with Crippen molar-refractivity contribution in [3.05, 3.63) is 68.5 Å². The molecule has 1 aliphatic heterocycles. The number of nitrogens with one attached hydrogen (secondary N) is 1. The molecule has 0 bridgehead atoms. The monoisotopic (exact) mass is 484 g/mol. The van der Waals surface area contributed by atoms with E-state index >= 15 is 0 Å². The third-order valence-electron chi connectivity index (χ3n) is 5.90. The van der Waals surface area contributed by atoms with Crippen LogP contribution in [0.5, 0.6) is 0 Å². The van der Waals surface area contributed by atoms with Crippen LogP contribution in [0.2, 0.25) is 0 Å². The van der Waals surface area contributed by atoms with E-state index in [0.717, 1.165) is 16.1 Å². The van der Waals surface area contributed by atoms with Crippen LogP contribution in [0.4, 0.5) is 9.80 Å². The van der Waals surface area contributed by atoms with Gasteiger partial charge in [0.2, 0.25) is 0 Å². The van der Waals surface area contributed by atoms with Crippen molar-refractivity contribution in [2.45, 2.75) is 26.8 Å². The topological polar surface area (TPSA) is 74.8 Å². The molecule has 3 aromatic heterocycles. The highest BCUT2D eigenvalue weighted by Gasteiger charge is 2.32. The number of hydrogen-bond donors (Lipinski definition) is 1. The lowest BCUT2D eigenvalue weighted by atomic mass is 9.95. The third kappa shape index (κ3) is 5.10. The molecule has 1 N–H and O–H groups in total. The molecular weight excluding hydrogens is 456 g/mol. The van der Waals surface area contributed by atoms with E-state index in [0.29, 0.717) is 37.7 Å². The highest BCUT2D eigenvalue weighted by molar-refractivity contribution is 7.17.